The van der Waals surface area contributed by atoms with Crippen molar-refractivity contribution in [1.29, 1.82) is 0 Å². The zero-order valence-electron chi connectivity index (χ0n) is 10.4. The fourth-order valence-corrected chi connectivity index (χ4v) is 2.87. The molecule has 2 heterocycles. The molecular weight excluding hydrogens is 254 g/mol. The minimum Gasteiger partial charge on any atom is -0.347 e. The largest absolute Gasteiger partial charge is 0.347 e. The molecule has 3 aliphatic rings. The molecule has 2 aliphatic heterocycles. The predicted octanol–water partition coefficient (Wildman–Crippen LogP) is 0.137. The molecule has 2 amide bonds. The lowest BCUT2D eigenvalue weighted by molar-refractivity contribution is -0.223. The van der Waals surface area contributed by atoms with Gasteiger partial charge in [-0.2, -0.15) is 0 Å². The number of carbonyl (C=O) groups excluding carboxylic acids is 3. The Labute approximate surface area is 109 Å². The van der Waals surface area contributed by atoms with E-state index in [9.17, 15) is 14.4 Å². The molecule has 0 N–H and O–H groups in total. The van der Waals surface area contributed by atoms with Gasteiger partial charge in [0.05, 0.1) is 13.2 Å². The fraction of sp³-hybridized carbons (Fsp3) is 0.750. The average molecular weight is 269 g/mol. The van der Waals surface area contributed by atoms with Gasteiger partial charge in [0.25, 0.3) is 11.8 Å². The lowest BCUT2D eigenvalue weighted by atomic mass is 10.0. The van der Waals surface area contributed by atoms with E-state index in [0.717, 1.165) is 6.42 Å². The molecule has 1 saturated carbocycles. The van der Waals surface area contributed by atoms with Gasteiger partial charge in [0.1, 0.15) is 5.92 Å². The van der Waals surface area contributed by atoms with Crippen LogP contribution in [0, 0.1) is 5.92 Å². The van der Waals surface area contributed by atoms with Gasteiger partial charge in [0.15, 0.2) is 5.79 Å². The number of imide groups is 1. The van der Waals surface area contributed by atoms with E-state index in [1.807, 2.05) is 0 Å². The number of hydroxylamine groups is 2. The van der Waals surface area contributed by atoms with E-state index < -0.39 is 29.5 Å². The summed E-state index contributed by atoms with van der Waals surface area (Å²) in [7, 11) is 0. The Morgan fingerprint density at radius 1 is 1.21 bits per heavy atom. The molecule has 2 saturated heterocycles. The van der Waals surface area contributed by atoms with Crippen molar-refractivity contribution in [1.82, 2.24) is 5.06 Å². The maximum atomic E-state index is 12.1. The van der Waals surface area contributed by atoms with Crippen LogP contribution in [0.3, 0.4) is 0 Å². The van der Waals surface area contributed by atoms with Crippen LogP contribution in [0.1, 0.15) is 32.1 Å². The van der Waals surface area contributed by atoms with Gasteiger partial charge < -0.3 is 14.3 Å². The molecule has 0 bridgehead atoms. The number of ether oxygens (including phenoxy) is 2. The monoisotopic (exact) mass is 269 g/mol. The summed E-state index contributed by atoms with van der Waals surface area (Å²) < 4.78 is 11.1. The van der Waals surface area contributed by atoms with Gasteiger partial charge in [0.2, 0.25) is 0 Å². The maximum absolute atomic E-state index is 12.1. The summed E-state index contributed by atoms with van der Waals surface area (Å²) >= 11 is 0. The molecule has 7 heteroatoms. The van der Waals surface area contributed by atoms with Crippen LogP contribution in [0.15, 0.2) is 0 Å². The van der Waals surface area contributed by atoms with Crippen LogP contribution < -0.4 is 0 Å². The third-order valence-corrected chi connectivity index (χ3v) is 3.80. The predicted molar refractivity (Wildman–Crippen MR) is 59.2 cm³/mol. The van der Waals surface area contributed by atoms with Crippen LogP contribution in [0.25, 0.3) is 0 Å². The molecule has 1 atom stereocenters. The second-order valence-corrected chi connectivity index (χ2v) is 4.95. The Morgan fingerprint density at radius 2 is 1.84 bits per heavy atom. The van der Waals surface area contributed by atoms with Crippen molar-refractivity contribution in [2.24, 2.45) is 5.92 Å². The minimum absolute atomic E-state index is 0.0922. The SMILES string of the molecule is O=C(ON1C(=O)CCC1=O)C1CCCC12OCCO2. The molecule has 3 fully saturated rings. The number of rotatable bonds is 2. The molecule has 1 unspecified atom stereocenters. The number of nitrogens with zero attached hydrogens (tertiary/aromatic N) is 1. The Kier molecular flexibility index (Phi) is 3.02. The van der Waals surface area contributed by atoms with Crippen molar-refractivity contribution in [2.45, 2.75) is 37.9 Å². The first-order chi connectivity index (χ1) is 9.12. The Bertz CT molecular complexity index is 406. The summed E-state index contributed by atoms with van der Waals surface area (Å²) in [5.74, 6) is -3.06. The molecule has 0 aromatic heterocycles. The lowest BCUT2D eigenvalue weighted by Crippen LogP contribution is -2.43. The van der Waals surface area contributed by atoms with Crippen LogP contribution >= 0.6 is 0 Å². The second-order valence-electron chi connectivity index (χ2n) is 4.95. The van der Waals surface area contributed by atoms with E-state index in [1.54, 1.807) is 0 Å². The molecule has 1 aliphatic carbocycles. The molecule has 3 rings (SSSR count). The quantitative estimate of drug-likeness (QED) is 0.663. The normalized spacial score (nSPS) is 29.5. The van der Waals surface area contributed by atoms with Gasteiger partial charge in [-0.15, -0.1) is 5.06 Å². The van der Waals surface area contributed by atoms with Crippen molar-refractivity contribution < 1.29 is 28.7 Å². The highest BCUT2D eigenvalue weighted by Crippen LogP contribution is 2.43. The van der Waals surface area contributed by atoms with Crippen molar-refractivity contribution in [2.75, 3.05) is 13.2 Å². The molecule has 104 valence electrons. The number of hydrogen-bond acceptors (Lipinski definition) is 6. The maximum Gasteiger partial charge on any atom is 0.341 e. The fourth-order valence-electron chi connectivity index (χ4n) is 2.87. The van der Waals surface area contributed by atoms with Crippen LogP contribution in [-0.4, -0.2) is 41.8 Å². The second kappa shape index (κ2) is 4.57. The molecule has 1 spiro atoms. The highest BCUT2D eigenvalue weighted by molar-refractivity contribution is 6.01. The van der Waals surface area contributed by atoms with Crippen LogP contribution in [0.5, 0.6) is 0 Å². The number of carbonyl (C=O) groups is 3. The molecule has 19 heavy (non-hydrogen) atoms. The minimum atomic E-state index is -0.914. The first kappa shape index (κ1) is 12.6. The van der Waals surface area contributed by atoms with Gasteiger partial charge in [-0.25, -0.2) is 4.79 Å². The third kappa shape index (κ3) is 2.02. The molecule has 0 aromatic carbocycles. The zero-order valence-corrected chi connectivity index (χ0v) is 10.4. The zero-order chi connectivity index (χ0) is 13.5. The lowest BCUT2D eigenvalue weighted by Gasteiger charge is -2.28. The van der Waals surface area contributed by atoms with Gasteiger partial charge in [0, 0.05) is 19.3 Å². The summed E-state index contributed by atoms with van der Waals surface area (Å²) in [6, 6.07) is 0. The van der Waals surface area contributed by atoms with Gasteiger partial charge >= 0.3 is 5.97 Å². The molecular formula is C12H15NO6. The summed E-state index contributed by atoms with van der Waals surface area (Å²) in [5.41, 5.74) is 0. The molecule has 7 nitrogen and oxygen atoms in total. The van der Waals surface area contributed by atoms with Gasteiger partial charge in [-0.1, -0.05) is 0 Å². The third-order valence-electron chi connectivity index (χ3n) is 3.80. The van der Waals surface area contributed by atoms with Crippen molar-refractivity contribution in [3.8, 4) is 0 Å². The highest BCUT2D eigenvalue weighted by Gasteiger charge is 2.53. The van der Waals surface area contributed by atoms with Crippen molar-refractivity contribution >= 4 is 17.8 Å². The summed E-state index contributed by atoms with van der Waals surface area (Å²) in [6.07, 6.45) is 2.19. The van der Waals surface area contributed by atoms with Gasteiger partial charge in [-0.3, -0.25) is 9.59 Å². The average Bonchev–Trinajstić information content (AvgIpc) is 3.09. The summed E-state index contributed by atoms with van der Waals surface area (Å²) in [6.45, 7) is 0.900. The Hall–Kier alpha value is -1.47. The first-order valence-corrected chi connectivity index (χ1v) is 6.48. The molecule has 0 aromatic rings. The first-order valence-electron chi connectivity index (χ1n) is 6.48. The molecule has 0 radical (unpaired) electrons. The van der Waals surface area contributed by atoms with Crippen LogP contribution in [0.2, 0.25) is 0 Å². The van der Waals surface area contributed by atoms with E-state index in [2.05, 4.69) is 0 Å². The van der Waals surface area contributed by atoms with E-state index in [0.29, 0.717) is 31.1 Å². The van der Waals surface area contributed by atoms with Crippen LogP contribution in [-0.2, 0) is 28.7 Å². The summed E-state index contributed by atoms with van der Waals surface area (Å²) in [4.78, 5) is 39.9. The topological polar surface area (TPSA) is 82.1 Å². The number of hydrogen-bond donors (Lipinski definition) is 0. The van der Waals surface area contributed by atoms with E-state index in [1.165, 1.54) is 0 Å². The standard InChI is InChI=1S/C12H15NO6/c14-9-3-4-10(15)13(9)19-11(16)8-2-1-5-12(8)17-6-7-18-12/h8H,1-7H2. The van der Waals surface area contributed by atoms with E-state index >= 15 is 0 Å². The summed E-state index contributed by atoms with van der Waals surface area (Å²) in [5, 5.41) is 0.573. The van der Waals surface area contributed by atoms with E-state index in [4.69, 9.17) is 14.3 Å². The van der Waals surface area contributed by atoms with E-state index in [-0.39, 0.29) is 12.8 Å². The van der Waals surface area contributed by atoms with Crippen molar-refractivity contribution in [3.05, 3.63) is 0 Å². The van der Waals surface area contributed by atoms with Crippen LogP contribution in [0.4, 0.5) is 0 Å². The number of amides is 2. The Morgan fingerprint density at radius 3 is 2.47 bits per heavy atom. The smallest absolute Gasteiger partial charge is 0.341 e. The van der Waals surface area contributed by atoms with Crippen molar-refractivity contribution in [3.63, 3.8) is 0 Å². The Balaban J connectivity index is 1.70. The highest BCUT2D eigenvalue weighted by atomic mass is 16.8. The van der Waals surface area contributed by atoms with Gasteiger partial charge in [-0.05, 0) is 12.8 Å².